The summed E-state index contributed by atoms with van der Waals surface area (Å²) in [7, 11) is 1.58. The maximum atomic E-state index is 12.6. The van der Waals surface area contributed by atoms with E-state index in [-0.39, 0.29) is 23.8 Å². The number of ether oxygens (including phenoxy) is 1. The van der Waals surface area contributed by atoms with Gasteiger partial charge in [0.2, 0.25) is 11.8 Å². The van der Waals surface area contributed by atoms with Crippen molar-refractivity contribution in [2.45, 2.75) is 57.4 Å². The van der Waals surface area contributed by atoms with Gasteiger partial charge in [0.05, 0.1) is 18.8 Å². The maximum absolute atomic E-state index is 12.6. The fourth-order valence-corrected chi connectivity index (χ4v) is 3.79. The smallest absolute Gasteiger partial charge is 0.241 e. The Balaban J connectivity index is 1.67. The van der Waals surface area contributed by atoms with Gasteiger partial charge in [-0.25, -0.2) is 0 Å². The van der Waals surface area contributed by atoms with Crippen LogP contribution >= 0.6 is 0 Å². The molecule has 1 saturated carbocycles. The quantitative estimate of drug-likeness (QED) is 0.754. The molecule has 0 spiro atoms. The third-order valence-corrected chi connectivity index (χ3v) is 5.33. The van der Waals surface area contributed by atoms with Gasteiger partial charge in [-0.2, -0.15) is 0 Å². The van der Waals surface area contributed by atoms with Crippen LogP contribution in [0.15, 0.2) is 18.2 Å². The third kappa shape index (κ3) is 4.75. The summed E-state index contributed by atoms with van der Waals surface area (Å²) in [5, 5.41) is 9.19. The van der Waals surface area contributed by atoms with Crippen LogP contribution in [0.5, 0.6) is 5.75 Å². The number of rotatable bonds is 5. The van der Waals surface area contributed by atoms with Crippen molar-refractivity contribution in [2.75, 3.05) is 24.3 Å². The highest BCUT2D eigenvalue weighted by atomic mass is 16.5. The van der Waals surface area contributed by atoms with Gasteiger partial charge in [-0.1, -0.05) is 25.7 Å². The summed E-state index contributed by atoms with van der Waals surface area (Å²) in [5.41, 5.74) is 1.28. The van der Waals surface area contributed by atoms with Crippen molar-refractivity contribution in [2.24, 2.45) is 5.92 Å². The maximum Gasteiger partial charge on any atom is 0.241 e. The second-order valence-corrected chi connectivity index (χ2v) is 7.23. The minimum Gasteiger partial charge on any atom is -0.495 e. The number of anilines is 2. The fourth-order valence-electron chi connectivity index (χ4n) is 3.79. The fraction of sp³-hybridized carbons (Fsp3) is 0.600. The SMILES string of the molecule is COc1ccc(NC(=O)C2CCCCN2)cc1NC(=O)C1CCCCC1. The Bertz CT molecular complexity index is 635. The van der Waals surface area contributed by atoms with Crippen molar-refractivity contribution in [1.82, 2.24) is 5.32 Å². The summed E-state index contributed by atoms with van der Waals surface area (Å²) in [6, 6.07) is 5.21. The number of benzene rings is 1. The molecule has 3 N–H and O–H groups in total. The molecule has 3 rings (SSSR count). The molecule has 2 aliphatic rings. The molecule has 1 aliphatic heterocycles. The molecule has 1 unspecified atom stereocenters. The van der Waals surface area contributed by atoms with E-state index in [1.54, 1.807) is 25.3 Å². The molecule has 142 valence electrons. The van der Waals surface area contributed by atoms with Crippen LogP contribution in [0.2, 0.25) is 0 Å². The van der Waals surface area contributed by atoms with E-state index in [4.69, 9.17) is 4.74 Å². The number of hydrogen-bond acceptors (Lipinski definition) is 4. The molecule has 2 fully saturated rings. The lowest BCUT2D eigenvalue weighted by Gasteiger charge is -2.23. The molecule has 1 aromatic rings. The molecule has 0 bridgehead atoms. The Hall–Kier alpha value is -2.08. The van der Waals surface area contributed by atoms with E-state index < -0.39 is 0 Å². The van der Waals surface area contributed by atoms with Crippen molar-refractivity contribution in [1.29, 1.82) is 0 Å². The van der Waals surface area contributed by atoms with Crippen molar-refractivity contribution >= 4 is 23.2 Å². The van der Waals surface area contributed by atoms with Crippen LogP contribution < -0.4 is 20.7 Å². The first kappa shape index (κ1) is 18.7. The molecule has 0 radical (unpaired) electrons. The van der Waals surface area contributed by atoms with Crippen molar-refractivity contribution < 1.29 is 14.3 Å². The second-order valence-electron chi connectivity index (χ2n) is 7.23. The summed E-state index contributed by atoms with van der Waals surface area (Å²) in [4.78, 5) is 25.0. The first-order chi connectivity index (χ1) is 12.7. The summed E-state index contributed by atoms with van der Waals surface area (Å²) >= 11 is 0. The molecule has 1 atom stereocenters. The van der Waals surface area contributed by atoms with E-state index in [2.05, 4.69) is 16.0 Å². The molecule has 6 heteroatoms. The highest BCUT2D eigenvalue weighted by Crippen LogP contribution is 2.30. The minimum absolute atomic E-state index is 0.0283. The topological polar surface area (TPSA) is 79.5 Å². The number of methoxy groups -OCH3 is 1. The van der Waals surface area contributed by atoms with Gasteiger partial charge in [0.15, 0.2) is 0 Å². The minimum atomic E-state index is -0.147. The molecular formula is C20H29N3O3. The number of amides is 2. The standard InChI is InChI=1S/C20H29N3O3/c1-26-18-11-10-15(22-20(25)16-9-5-6-12-21-16)13-17(18)23-19(24)14-7-3-2-4-8-14/h10-11,13-14,16,21H,2-9,12H2,1H3,(H,22,25)(H,23,24). The van der Waals surface area contributed by atoms with Crippen LogP contribution in [0.4, 0.5) is 11.4 Å². The van der Waals surface area contributed by atoms with Gasteiger partial charge >= 0.3 is 0 Å². The number of hydrogen-bond donors (Lipinski definition) is 3. The predicted octanol–water partition coefficient (Wildman–Crippen LogP) is 3.29. The Morgan fingerprint density at radius 3 is 2.46 bits per heavy atom. The summed E-state index contributed by atoms with van der Waals surface area (Å²) in [5.74, 6) is 0.681. The lowest BCUT2D eigenvalue weighted by molar-refractivity contribution is -0.121. The molecule has 1 aromatic carbocycles. The van der Waals surface area contributed by atoms with Crippen molar-refractivity contribution in [3.05, 3.63) is 18.2 Å². The van der Waals surface area contributed by atoms with E-state index in [0.717, 1.165) is 51.5 Å². The number of carbonyl (C=O) groups excluding carboxylic acids is 2. The number of piperidine rings is 1. The highest BCUT2D eigenvalue weighted by molar-refractivity contribution is 5.98. The van der Waals surface area contributed by atoms with E-state index in [0.29, 0.717) is 17.1 Å². The first-order valence-corrected chi connectivity index (χ1v) is 9.70. The largest absolute Gasteiger partial charge is 0.495 e. The number of nitrogens with one attached hydrogen (secondary N) is 3. The predicted molar refractivity (Wildman–Crippen MR) is 102 cm³/mol. The molecule has 2 amide bonds. The zero-order valence-corrected chi connectivity index (χ0v) is 15.5. The summed E-state index contributed by atoms with van der Waals surface area (Å²) in [6.07, 6.45) is 8.35. The normalized spacial score (nSPS) is 21.0. The third-order valence-electron chi connectivity index (χ3n) is 5.33. The Morgan fingerprint density at radius 1 is 1.00 bits per heavy atom. The Morgan fingerprint density at radius 2 is 1.77 bits per heavy atom. The lowest BCUT2D eigenvalue weighted by Crippen LogP contribution is -2.43. The van der Waals surface area contributed by atoms with Crippen molar-refractivity contribution in [3.63, 3.8) is 0 Å². The van der Waals surface area contributed by atoms with Crippen LogP contribution in [-0.2, 0) is 9.59 Å². The molecule has 6 nitrogen and oxygen atoms in total. The van der Waals surface area contributed by atoms with Gasteiger partial charge in [-0.05, 0) is 50.4 Å². The molecule has 1 saturated heterocycles. The zero-order valence-electron chi connectivity index (χ0n) is 15.5. The van der Waals surface area contributed by atoms with E-state index >= 15 is 0 Å². The van der Waals surface area contributed by atoms with Gasteiger partial charge in [0, 0.05) is 11.6 Å². The summed E-state index contributed by atoms with van der Waals surface area (Å²) in [6.45, 7) is 0.878. The van der Waals surface area contributed by atoms with Gasteiger partial charge in [0.1, 0.15) is 5.75 Å². The van der Waals surface area contributed by atoms with Gasteiger partial charge < -0.3 is 20.7 Å². The zero-order chi connectivity index (χ0) is 18.4. The average molecular weight is 359 g/mol. The van der Waals surface area contributed by atoms with Crippen molar-refractivity contribution in [3.8, 4) is 5.75 Å². The van der Waals surface area contributed by atoms with E-state index in [9.17, 15) is 9.59 Å². The van der Waals surface area contributed by atoms with Gasteiger partial charge in [-0.15, -0.1) is 0 Å². The highest BCUT2D eigenvalue weighted by Gasteiger charge is 2.23. The molecule has 1 heterocycles. The monoisotopic (exact) mass is 359 g/mol. The van der Waals surface area contributed by atoms with Crippen LogP contribution in [-0.4, -0.2) is 31.5 Å². The van der Waals surface area contributed by atoms with Crippen LogP contribution in [0.25, 0.3) is 0 Å². The Labute approximate surface area is 155 Å². The van der Waals surface area contributed by atoms with Gasteiger partial charge in [0.25, 0.3) is 0 Å². The van der Waals surface area contributed by atoms with E-state index in [1.807, 2.05) is 0 Å². The van der Waals surface area contributed by atoms with Crippen LogP contribution in [0.3, 0.4) is 0 Å². The molecule has 26 heavy (non-hydrogen) atoms. The van der Waals surface area contributed by atoms with Gasteiger partial charge in [-0.3, -0.25) is 9.59 Å². The molecular weight excluding hydrogens is 330 g/mol. The number of carbonyl (C=O) groups is 2. The average Bonchev–Trinajstić information content (AvgIpc) is 2.69. The first-order valence-electron chi connectivity index (χ1n) is 9.70. The van der Waals surface area contributed by atoms with Crippen LogP contribution in [0, 0.1) is 5.92 Å². The van der Waals surface area contributed by atoms with Crippen LogP contribution in [0.1, 0.15) is 51.4 Å². The molecule has 1 aliphatic carbocycles. The van der Waals surface area contributed by atoms with E-state index in [1.165, 1.54) is 6.42 Å². The second kappa shape index (κ2) is 9.03. The lowest BCUT2D eigenvalue weighted by atomic mass is 9.88. The Kier molecular flexibility index (Phi) is 6.50. The molecule has 0 aromatic heterocycles. The summed E-state index contributed by atoms with van der Waals surface area (Å²) < 4.78 is 5.37.